The van der Waals surface area contributed by atoms with Gasteiger partial charge < -0.3 is 19.8 Å². The predicted octanol–water partition coefficient (Wildman–Crippen LogP) is 3.02. The maximum Gasteiger partial charge on any atom is 0.186 e. The number of carbonyl (C=O) groups is 2. The van der Waals surface area contributed by atoms with E-state index < -0.39 is 17.8 Å². The first-order valence-electron chi connectivity index (χ1n) is 10.1. The van der Waals surface area contributed by atoms with Crippen LogP contribution in [0.3, 0.4) is 0 Å². The van der Waals surface area contributed by atoms with E-state index >= 15 is 0 Å². The second kappa shape index (κ2) is 7.25. The lowest BCUT2D eigenvalue weighted by molar-refractivity contribution is -0.124. The van der Waals surface area contributed by atoms with Crippen LogP contribution in [0.1, 0.15) is 11.1 Å². The fraction of sp³-hybridized carbons (Fsp3) is 0.200. The highest BCUT2D eigenvalue weighted by molar-refractivity contribution is 6.16. The minimum atomic E-state index is -1.15. The Labute approximate surface area is 179 Å². The third-order valence-electron chi connectivity index (χ3n) is 6.18. The lowest BCUT2D eigenvalue weighted by Gasteiger charge is -2.35. The number of aliphatic hydroxyl groups excluding tert-OH is 2. The lowest BCUT2D eigenvalue weighted by Crippen LogP contribution is -2.41. The molecule has 5 rings (SSSR count). The maximum atomic E-state index is 13.5. The summed E-state index contributed by atoms with van der Waals surface area (Å²) in [4.78, 5) is 28.0. The van der Waals surface area contributed by atoms with E-state index in [0.717, 1.165) is 16.8 Å². The molecule has 31 heavy (non-hydrogen) atoms. The van der Waals surface area contributed by atoms with E-state index in [1.807, 2.05) is 53.4 Å². The van der Waals surface area contributed by atoms with Gasteiger partial charge in [0.1, 0.15) is 11.5 Å². The van der Waals surface area contributed by atoms with Crippen LogP contribution in [0.4, 0.5) is 5.69 Å². The fourth-order valence-electron chi connectivity index (χ4n) is 4.60. The van der Waals surface area contributed by atoms with Crippen LogP contribution in [0.2, 0.25) is 0 Å². The summed E-state index contributed by atoms with van der Waals surface area (Å²) in [5, 5.41) is 21.7. The van der Waals surface area contributed by atoms with Crippen LogP contribution in [0.15, 0.2) is 83.3 Å². The molecule has 0 saturated heterocycles. The van der Waals surface area contributed by atoms with E-state index in [2.05, 4.69) is 0 Å². The number of methoxy groups -OCH3 is 1. The van der Waals surface area contributed by atoms with Crippen LogP contribution in [0.25, 0.3) is 0 Å². The van der Waals surface area contributed by atoms with E-state index in [1.165, 1.54) is 12.2 Å². The van der Waals surface area contributed by atoms with Gasteiger partial charge in [0.05, 0.1) is 30.4 Å². The lowest BCUT2D eigenvalue weighted by atomic mass is 9.74. The van der Waals surface area contributed by atoms with Gasteiger partial charge in [-0.2, -0.15) is 0 Å². The molecule has 0 spiro atoms. The Morgan fingerprint density at radius 3 is 2.45 bits per heavy atom. The third kappa shape index (κ3) is 2.99. The van der Waals surface area contributed by atoms with Crippen molar-refractivity contribution < 1.29 is 24.5 Å². The second-order valence-electron chi connectivity index (χ2n) is 7.87. The Morgan fingerprint density at radius 1 is 1.03 bits per heavy atom. The van der Waals surface area contributed by atoms with Crippen molar-refractivity contribution >= 4 is 17.3 Å². The molecule has 1 aliphatic heterocycles. The van der Waals surface area contributed by atoms with Crippen LogP contribution in [0, 0.1) is 5.92 Å². The van der Waals surface area contributed by atoms with Crippen molar-refractivity contribution in [3.63, 3.8) is 0 Å². The molecule has 2 aromatic carbocycles. The van der Waals surface area contributed by atoms with Gasteiger partial charge in [-0.05, 0) is 41.5 Å². The summed E-state index contributed by atoms with van der Waals surface area (Å²) in [5.41, 5.74) is 3.43. The number of carbonyl (C=O) groups excluding carboxylic acids is 2. The Balaban J connectivity index is 1.74. The molecular formula is C25H21NO5. The largest absolute Gasteiger partial charge is 0.505 e. The van der Waals surface area contributed by atoms with Gasteiger partial charge in [-0.15, -0.1) is 0 Å². The standard InChI is InChI=1S/C25H21NO5/c1-31-17-8-6-16(7-9-17)26-13-15-5-3-2-4-14(15)12-18-23(26)25(30)22-20(28)11-10-19(27)21(22)24(18)29/h2-11,19,21,27,30H,12-13H2,1H3. The fourth-order valence-corrected chi connectivity index (χ4v) is 4.60. The van der Waals surface area contributed by atoms with Crippen molar-refractivity contribution in [2.24, 2.45) is 5.92 Å². The molecule has 2 aliphatic carbocycles. The van der Waals surface area contributed by atoms with Crippen molar-refractivity contribution in [1.82, 2.24) is 0 Å². The molecule has 0 saturated carbocycles. The predicted molar refractivity (Wildman–Crippen MR) is 115 cm³/mol. The Bertz CT molecular complexity index is 1190. The number of ether oxygens (including phenoxy) is 1. The molecule has 2 unspecified atom stereocenters. The number of hydrogen-bond donors (Lipinski definition) is 2. The molecule has 3 aliphatic rings. The molecule has 0 amide bonds. The minimum absolute atomic E-state index is 0.0387. The van der Waals surface area contributed by atoms with Gasteiger partial charge in [-0.3, -0.25) is 9.59 Å². The van der Waals surface area contributed by atoms with Gasteiger partial charge in [0.2, 0.25) is 0 Å². The van der Waals surface area contributed by atoms with Gasteiger partial charge in [0.15, 0.2) is 11.6 Å². The van der Waals surface area contributed by atoms with Crippen molar-refractivity contribution in [2.45, 2.75) is 19.1 Å². The number of fused-ring (bicyclic) bond motifs is 2. The van der Waals surface area contributed by atoms with Crippen LogP contribution >= 0.6 is 0 Å². The monoisotopic (exact) mass is 415 g/mol. The smallest absolute Gasteiger partial charge is 0.186 e. The van der Waals surface area contributed by atoms with Crippen molar-refractivity contribution in [3.05, 3.63) is 94.4 Å². The zero-order valence-corrected chi connectivity index (χ0v) is 16.9. The first kappa shape index (κ1) is 19.3. The highest BCUT2D eigenvalue weighted by atomic mass is 16.5. The minimum Gasteiger partial charge on any atom is -0.505 e. The zero-order chi connectivity index (χ0) is 21.7. The number of ketones is 2. The van der Waals surface area contributed by atoms with Gasteiger partial charge in [-0.1, -0.05) is 30.3 Å². The molecule has 0 aromatic heterocycles. The zero-order valence-electron chi connectivity index (χ0n) is 16.9. The average Bonchev–Trinajstić information content (AvgIpc) is 2.96. The molecular weight excluding hydrogens is 394 g/mol. The molecule has 6 heteroatoms. The molecule has 6 nitrogen and oxygen atoms in total. The van der Waals surface area contributed by atoms with Crippen molar-refractivity contribution in [2.75, 3.05) is 12.0 Å². The van der Waals surface area contributed by atoms with E-state index in [0.29, 0.717) is 30.0 Å². The third-order valence-corrected chi connectivity index (χ3v) is 6.18. The first-order chi connectivity index (χ1) is 15.0. The van der Waals surface area contributed by atoms with Crippen LogP contribution in [-0.2, 0) is 22.6 Å². The summed E-state index contributed by atoms with van der Waals surface area (Å²) in [6.45, 7) is 0.420. The van der Waals surface area contributed by atoms with Gasteiger partial charge in [0, 0.05) is 24.2 Å². The molecule has 2 aromatic rings. The number of hydrogen-bond acceptors (Lipinski definition) is 6. The van der Waals surface area contributed by atoms with Gasteiger partial charge in [-0.25, -0.2) is 0 Å². The number of allylic oxidation sites excluding steroid dienone is 2. The normalized spacial score (nSPS) is 22.7. The first-order valence-corrected chi connectivity index (χ1v) is 10.1. The number of anilines is 1. The summed E-state index contributed by atoms with van der Waals surface area (Å²) in [6.07, 6.45) is 1.70. The molecule has 2 N–H and O–H groups in total. The SMILES string of the molecule is COc1ccc(N2Cc3ccccc3CC3=C2C(O)=C2C(=O)C=CC(O)C2C3=O)cc1. The van der Waals surface area contributed by atoms with E-state index in [1.54, 1.807) is 7.11 Å². The van der Waals surface area contributed by atoms with Crippen molar-refractivity contribution in [3.8, 4) is 5.75 Å². The number of rotatable bonds is 2. The summed E-state index contributed by atoms with van der Waals surface area (Å²) >= 11 is 0. The van der Waals surface area contributed by atoms with Crippen LogP contribution in [-0.4, -0.2) is 35.0 Å². The number of aliphatic hydroxyl groups is 2. The summed E-state index contributed by atoms with van der Waals surface area (Å²) in [5.74, 6) is -1.42. The van der Waals surface area contributed by atoms with Gasteiger partial charge in [0.25, 0.3) is 0 Å². The molecule has 156 valence electrons. The molecule has 0 fully saturated rings. The topological polar surface area (TPSA) is 87.1 Å². The van der Waals surface area contributed by atoms with E-state index in [-0.39, 0.29) is 17.1 Å². The van der Waals surface area contributed by atoms with Crippen molar-refractivity contribution in [1.29, 1.82) is 0 Å². The molecule has 0 bridgehead atoms. The van der Waals surface area contributed by atoms with Crippen LogP contribution < -0.4 is 9.64 Å². The van der Waals surface area contributed by atoms with E-state index in [4.69, 9.17) is 4.74 Å². The highest BCUT2D eigenvalue weighted by Gasteiger charge is 2.46. The Morgan fingerprint density at radius 2 is 1.74 bits per heavy atom. The number of benzene rings is 2. The molecule has 2 atom stereocenters. The van der Waals surface area contributed by atoms with E-state index in [9.17, 15) is 19.8 Å². The average molecular weight is 415 g/mol. The maximum absolute atomic E-state index is 13.5. The summed E-state index contributed by atoms with van der Waals surface area (Å²) in [6, 6.07) is 15.1. The number of Topliss-reactive ketones (excluding diaryl/α,β-unsaturated/α-hetero) is 1. The Hall–Kier alpha value is -3.64. The molecule has 0 radical (unpaired) electrons. The van der Waals surface area contributed by atoms with Crippen LogP contribution in [0.5, 0.6) is 5.75 Å². The quantitative estimate of drug-likeness (QED) is 0.784. The number of nitrogens with zero attached hydrogens (tertiary/aromatic N) is 1. The summed E-state index contributed by atoms with van der Waals surface area (Å²) < 4.78 is 5.26. The summed E-state index contributed by atoms with van der Waals surface area (Å²) in [7, 11) is 1.58. The van der Waals surface area contributed by atoms with Gasteiger partial charge >= 0.3 is 0 Å². The molecule has 1 heterocycles. The highest BCUT2D eigenvalue weighted by Crippen LogP contribution is 2.42. The second-order valence-corrected chi connectivity index (χ2v) is 7.87. The Kier molecular flexibility index (Phi) is 4.52.